The Morgan fingerprint density at radius 2 is 2.00 bits per heavy atom. The van der Waals surface area contributed by atoms with Gasteiger partial charge in [-0.3, -0.25) is 4.79 Å². The maximum atomic E-state index is 12.4. The summed E-state index contributed by atoms with van der Waals surface area (Å²) >= 11 is 3.35. The highest BCUT2D eigenvalue weighted by molar-refractivity contribution is 9.10. The molecule has 0 radical (unpaired) electrons. The summed E-state index contributed by atoms with van der Waals surface area (Å²) in [6.07, 6.45) is 0.975. The predicted octanol–water partition coefficient (Wildman–Crippen LogP) is 2.45. The Bertz CT molecular complexity index is 435. The standard InChI is InChI=1S/C14H22BrN3O/c1-4-18(9-5-8-17(2)3)14(19)11-6-7-13(16)12(15)10-11/h6-7,10H,4-5,8-9,16H2,1-3H3. The number of hydrogen-bond donors (Lipinski definition) is 1. The molecule has 1 rings (SSSR count). The van der Waals surface area contributed by atoms with Gasteiger partial charge in [0.1, 0.15) is 0 Å². The summed E-state index contributed by atoms with van der Waals surface area (Å²) in [5.74, 6) is 0.0574. The molecular weight excluding hydrogens is 306 g/mol. The smallest absolute Gasteiger partial charge is 0.253 e. The van der Waals surface area contributed by atoms with Crippen LogP contribution in [0.4, 0.5) is 5.69 Å². The highest BCUT2D eigenvalue weighted by Crippen LogP contribution is 2.21. The minimum Gasteiger partial charge on any atom is -0.398 e. The molecular formula is C14H22BrN3O. The number of nitrogen functional groups attached to an aromatic ring is 1. The van der Waals surface area contributed by atoms with Crippen molar-refractivity contribution in [1.29, 1.82) is 0 Å². The number of nitrogens with zero attached hydrogens (tertiary/aromatic N) is 2. The normalized spacial score (nSPS) is 10.8. The van der Waals surface area contributed by atoms with Gasteiger partial charge in [-0.15, -0.1) is 0 Å². The van der Waals surface area contributed by atoms with Gasteiger partial charge in [0.25, 0.3) is 5.91 Å². The van der Waals surface area contributed by atoms with E-state index in [1.165, 1.54) is 0 Å². The van der Waals surface area contributed by atoms with Crippen LogP contribution in [-0.4, -0.2) is 49.4 Å². The van der Waals surface area contributed by atoms with E-state index in [4.69, 9.17) is 5.73 Å². The fourth-order valence-corrected chi connectivity index (χ4v) is 2.20. The summed E-state index contributed by atoms with van der Waals surface area (Å²) in [4.78, 5) is 16.4. The Labute approximate surface area is 123 Å². The maximum Gasteiger partial charge on any atom is 0.253 e. The van der Waals surface area contributed by atoms with Crippen LogP contribution in [-0.2, 0) is 0 Å². The van der Waals surface area contributed by atoms with Crippen LogP contribution in [0.3, 0.4) is 0 Å². The first-order valence-electron chi connectivity index (χ1n) is 6.44. The number of halogens is 1. The van der Waals surface area contributed by atoms with E-state index in [-0.39, 0.29) is 5.91 Å². The molecule has 1 amide bonds. The minimum atomic E-state index is 0.0574. The molecule has 1 aromatic rings. The summed E-state index contributed by atoms with van der Waals surface area (Å²) in [6.45, 7) is 4.47. The van der Waals surface area contributed by atoms with E-state index in [0.29, 0.717) is 17.8 Å². The SMILES string of the molecule is CCN(CCCN(C)C)C(=O)c1ccc(N)c(Br)c1. The van der Waals surface area contributed by atoms with Gasteiger partial charge in [0.15, 0.2) is 0 Å². The molecule has 0 aliphatic carbocycles. The largest absolute Gasteiger partial charge is 0.398 e. The zero-order valence-electron chi connectivity index (χ0n) is 11.8. The quantitative estimate of drug-likeness (QED) is 0.816. The average molecular weight is 328 g/mol. The van der Waals surface area contributed by atoms with Crippen LogP contribution in [0.25, 0.3) is 0 Å². The maximum absolute atomic E-state index is 12.4. The van der Waals surface area contributed by atoms with Gasteiger partial charge < -0.3 is 15.5 Å². The van der Waals surface area contributed by atoms with Crippen LogP contribution in [0, 0.1) is 0 Å². The first-order chi connectivity index (χ1) is 8.95. The van der Waals surface area contributed by atoms with Gasteiger partial charge in [0.2, 0.25) is 0 Å². The van der Waals surface area contributed by atoms with E-state index >= 15 is 0 Å². The molecule has 5 heteroatoms. The van der Waals surface area contributed by atoms with Crippen LogP contribution in [0.15, 0.2) is 22.7 Å². The molecule has 1 aromatic carbocycles. The van der Waals surface area contributed by atoms with Crippen molar-refractivity contribution in [1.82, 2.24) is 9.80 Å². The van der Waals surface area contributed by atoms with Crippen LogP contribution < -0.4 is 5.73 Å². The second kappa shape index (κ2) is 7.50. The third-order valence-corrected chi connectivity index (χ3v) is 3.64. The number of benzene rings is 1. The molecule has 0 atom stereocenters. The minimum absolute atomic E-state index is 0.0574. The number of hydrogen-bond acceptors (Lipinski definition) is 3. The summed E-state index contributed by atoms with van der Waals surface area (Å²) in [5.41, 5.74) is 7.05. The van der Waals surface area contributed by atoms with Crippen molar-refractivity contribution in [3.05, 3.63) is 28.2 Å². The Morgan fingerprint density at radius 3 is 2.53 bits per heavy atom. The Balaban J connectivity index is 2.69. The van der Waals surface area contributed by atoms with Gasteiger partial charge >= 0.3 is 0 Å². The molecule has 0 aliphatic heterocycles. The highest BCUT2D eigenvalue weighted by atomic mass is 79.9. The Kier molecular flexibility index (Phi) is 6.31. The molecule has 0 fully saturated rings. The Hall–Kier alpha value is -1.07. The third kappa shape index (κ3) is 4.84. The van der Waals surface area contributed by atoms with Gasteiger partial charge in [-0.2, -0.15) is 0 Å². The van der Waals surface area contributed by atoms with Gasteiger partial charge in [0.05, 0.1) is 0 Å². The molecule has 0 heterocycles. The lowest BCUT2D eigenvalue weighted by Crippen LogP contribution is -2.33. The lowest BCUT2D eigenvalue weighted by molar-refractivity contribution is 0.0759. The van der Waals surface area contributed by atoms with E-state index in [0.717, 1.165) is 24.0 Å². The van der Waals surface area contributed by atoms with Gasteiger partial charge in [-0.1, -0.05) is 0 Å². The average Bonchev–Trinajstić information content (AvgIpc) is 2.37. The van der Waals surface area contributed by atoms with Crippen LogP contribution in [0.1, 0.15) is 23.7 Å². The van der Waals surface area contributed by atoms with Crippen molar-refractivity contribution in [3.63, 3.8) is 0 Å². The molecule has 0 spiro atoms. The zero-order valence-corrected chi connectivity index (χ0v) is 13.4. The third-order valence-electron chi connectivity index (χ3n) is 2.95. The predicted molar refractivity (Wildman–Crippen MR) is 83.3 cm³/mol. The van der Waals surface area contributed by atoms with Gasteiger partial charge in [-0.25, -0.2) is 0 Å². The molecule has 0 unspecified atom stereocenters. The van der Waals surface area contributed by atoms with Crippen LogP contribution in [0.2, 0.25) is 0 Å². The highest BCUT2D eigenvalue weighted by Gasteiger charge is 2.14. The molecule has 19 heavy (non-hydrogen) atoms. The molecule has 0 aromatic heterocycles. The topological polar surface area (TPSA) is 49.6 Å². The van der Waals surface area contributed by atoms with Gasteiger partial charge in [-0.05, 0) is 68.1 Å². The first kappa shape index (κ1) is 16.0. The lowest BCUT2D eigenvalue weighted by atomic mass is 10.1. The number of carbonyl (C=O) groups excluding carboxylic acids is 1. The monoisotopic (exact) mass is 327 g/mol. The van der Waals surface area contributed by atoms with Crippen molar-refractivity contribution < 1.29 is 4.79 Å². The number of carbonyl (C=O) groups is 1. The number of nitrogens with two attached hydrogens (primary N) is 1. The summed E-state index contributed by atoms with van der Waals surface area (Å²) in [7, 11) is 4.07. The second-order valence-electron chi connectivity index (χ2n) is 4.78. The zero-order chi connectivity index (χ0) is 14.4. The Morgan fingerprint density at radius 1 is 1.32 bits per heavy atom. The van der Waals surface area contributed by atoms with E-state index in [1.807, 2.05) is 25.9 Å². The number of amides is 1. The number of anilines is 1. The van der Waals surface area contributed by atoms with Crippen molar-refractivity contribution >= 4 is 27.5 Å². The first-order valence-corrected chi connectivity index (χ1v) is 7.24. The van der Waals surface area contributed by atoms with Crippen molar-refractivity contribution in [2.24, 2.45) is 0 Å². The van der Waals surface area contributed by atoms with Crippen molar-refractivity contribution in [3.8, 4) is 0 Å². The number of rotatable bonds is 6. The van der Waals surface area contributed by atoms with Crippen LogP contribution >= 0.6 is 15.9 Å². The fraction of sp³-hybridized carbons (Fsp3) is 0.500. The van der Waals surface area contributed by atoms with Crippen molar-refractivity contribution in [2.45, 2.75) is 13.3 Å². The van der Waals surface area contributed by atoms with Crippen molar-refractivity contribution in [2.75, 3.05) is 39.5 Å². The van der Waals surface area contributed by atoms with Gasteiger partial charge in [0, 0.05) is 28.8 Å². The molecule has 0 saturated carbocycles. The molecule has 0 saturated heterocycles. The molecule has 106 valence electrons. The molecule has 0 bridgehead atoms. The summed E-state index contributed by atoms with van der Waals surface area (Å²) in [6, 6.07) is 5.31. The molecule has 0 aliphatic rings. The lowest BCUT2D eigenvalue weighted by Gasteiger charge is -2.22. The fourth-order valence-electron chi connectivity index (χ4n) is 1.82. The summed E-state index contributed by atoms with van der Waals surface area (Å²) in [5, 5.41) is 0. The van der Waals surface area contributed by atoms with E-state index in [1.54, 1.807) is 18.2 Å². The second-order valence-corrected chi connectivity index (χ2v) is 5.63. The summed E-state index contributed by atoms with van der Waals surface area (Å²) < 4.78 is 0.766. The van der Waals surface area contributed by atoms with E-state index in [2.05, 4.69) is 20.8 Å². The van der Waals surface area contributed by atoms with E-state index in [9.17, 15) is 4.79 Å². The van der Waals surface area contributed by atoms with E-state index < -0.39 is 0 Å². The van der Waals surface area contributed by atoms with Crippen LogP contribution in [0.5, 0.6) is 0 Å². The molecule has 4 nitrogen and oxygen atoms in total. The molecule has 2 N–H and O–H groups in total.